The molecule has 31 heavy (non-hydrogen) atoms. The van der Waals surface area contributed by atoms with Gasteiger partial charge >= 0.3 is 5.69 Å². The summed E-state index contributed by atoms with van der Waals surface area (Å²) < 4.78 is 10.0. The second kappa shape index (κ2) is 9.20. The standard InChI is InChI=1S/C24H28N4O3/c1-3-4-5-6-10-14-27-23(29)21-22(25-20-16-19(31-2)13-15-26(20)21)28(24(27)30)17-18-11-8-7-9-12-18/h7-9,11-13,15-16H,3-6,10,14,17H2,1-2H3. The van der Waals surface area contributed by atoms with Crippen molar-refractivity contribution in [2.45, 2.75) is 52.1 Å². The number of rotatable bonds is 9. The molecule has 0 radical (unpaired) electrons. The van der Waals surface area contributed by atoms with Crippen molar-refractivity contribution in [2.24, 2.45) is 0 Å². The van der Waals surface area contributed by atoms with Crippen LogP contribution in [0.3, 0.4) is 0 Å². The first-order chi connectivity index (χ1) is 15.1. The Morgan fingerprint density at radius 1 is 0.968 bits per heavy atom. The van der Waals surface area contributed by atoms with E-state index in [0.717, 1.165) is 31.2 Å². The molecule has 0 spiro atoms. The zero-order valence-electron chi connectivity index (χ0n) is 18.1. The fraction of sp³-hybridized carbons (Fsp3) is 0.375. The summed E-state index contributed by atoms with van der Waals surface area (Å²) in [5.41, 5.74) is 1.77. The number of imidazole rings is 1. The average Bonchev–Trinajstić information content (AvgIpc) is 3.17. The first-order valence-electron chi connectivity index (χ1n) is 10.9. The van der Waals surface area contributed by atoms with Crippen LogP contribution >= 0.6 is 0 Å². The van der Waals surface area contributed by atoms with E-state index in [9.17, 15) is 9.59 Å². The van der Waals surface area contributed by atoms with E-state index in [2.05, 4.69) is 11.9 Å². The maximum atomic E-state index is 13.4. The molecule has 3 aromatic heterocycles. The van der Waals surface area contributed by atoms with Crippen LogP contribution in [-0.4, -0.2) is 25.6 Å². The van der Waals surface area contributed by atoms with Crippen LogP contribution in [0.15, 0.2) is 58.3 Å². The molecule has 0 amide bonds. The van der Waals surface area contributed by atoms with Gasteiger partial charge in [0.05, 0.1) is 13.7 Å². The molecule has 0 saturated carbocycles. The van der Waals surface area contributed by atoms with Gasteiger partial charge in [-0.15, -0.1) is 0 Å². The van der Waals surface area contributed by atoms with Gasteiger partial charge in [-0.1, -0.05) is 62.9 Å². The Bertz CT molecular complexity index is 1300. The molecule has 0 atom stereocenters. The summed E-state index contributed by atoms with van der Waals surface area (Å²) in [7, 11) is 1.59. The van der Waals surface area contributed by atoms with Gasteiger partial charge in [0.1, 0.15) is 11.4 Å². The average molecular weight is 421 g/mol. The fourth-order valence-electron chi connectivity index (χ4n) is 3.96. The molecule has 162 valence electrons. The maximum Gasteiger partial charge on any atom is 0.333 e. The number of unbranched alkanes of at least 4 members (excludes halogenated alkanes) is 4. The molecule has 4 aromatic rings. The number of pyridine rings is 1. The number of fused-ring (bicyclic) bond motifs is 3. The zero-order chi connectivity index (χ0) is 21.8. The number of hydrogen-bond acceptors (Lipinski definition) is 4. The van der Waals surface area contributed by atoms with Crippen LogP contribution in [0, 0.1) is 0 Å². The Labute approximate surface area is 180 Å². The lowest BCUT2D eigenvalue weighted by Crippen LogP contribution is -2.40. The quantitative estimate of drug-likeness (QED) is 0.386. The number of ether oxygens (including phenoxy) is 1. The van der Waals surface area contributed by atoms with Crippen molar-refractivity contribution in [3.05, 3.63) is 75.1 Å². The minimum Gasteiger partial charge on any atom is -0.497 e. The van der Waals surface area contributed by atoms with Crippen LogP contribution < -0.4 is 16.0 Å². The van der Waals surface area contributed by atoms with E-state index in [1.807, 2.05) is 30.3 Å². The van der Waals surface area contributed by atoms with Gasteiger partial charge in [-0.3, -0.25) is 18.3 Å². The predicted molar refractivity (Wildman–Crippen MR) is 122 cm³/mol. The van der Waals surface area contributed by atoms with Gasteiger partial charge in [-0.2, -0.15) is 0 Å². The highest BCUT2D eigenvalue weighted by Gasteiger charge is 2.19. The van der Waals surface area contributed by atoms with Gasteiger partial charge in [0.15, 0.2) is 11.2 Å². The number of hydrogen-bond donors (Lipinski definition) is 0. The van der Waals surface area contributed by atoms with Gasteiger partial charge in [0, 0.05) is 18.8 Å². The fourth-order valence-corrected chi connectivity index (χ4v) is 3.96. The Morgan fingerprint density at radius 2 is 1.74 bits per heavy atom. The van der Waals surface area contributed by atoms with E-state index in [-0.39, 0.29) is 11.2 Å². The second-order valence-corrected chi connectivity index (χ2v) is 7.80. The topological polar surface area (TPSA) is 70.5 Å². The number of aromatic nitrogens is 4. The molecule has 7 nitrogen and oxygen atoms in total. The van der Waals surface area contributed by atoms with Crippen LogP contribution in [0.2, 0.25) is 0 Å². The van der Waals surface area contributed by atoms with Gasteiger partial charge in [-0.25, -0.2) is 9.78 Å². The molecule has 0 aliphatic carbocycles. The van der Waals surface area contributed by atoms with Crippen molar-refractivity contribution >= 4 is 16.8 Å². The summed E-state index contributed by atoms with van der Waals surface area (Å²) in [6.45, 7) is 2.93. The zero-order valence-corrected chi connectivity index (χ0v) is 18.1. The van der Waals surface area contributed by atoms with Crippen molar-refractivity contribution in [3.63, 3.8) is 0 Å². The van der Waals surface area contributed by atoms with E-state index in [4.69, 9.17) is 4.74 Å². The summed E-state index contributed by atoms with van der Waals surface area (Å²) in [6, 6.07) is 13.3. The van der Waals surface area contributed by atoms with E-state index in [0.29, 0.717) is 35.7 Å². The Balaban J connectivity index is 1.87. The van der Waals surface area contributed by atoms with Gasteiger partial charge < -0.3 is 4.74 Å². The smallest absolute Gasteiger partial charge is 0.333 e. The summed E-state index contributed by atoms with van der Waals surface area (Å²) >= 11 is 0. The minimum absolute atomic E-state index is 0.294. The Hall–Kier alpha value is -3.35. The van der Waals surface area contributed by atoms with Gasteiger partial charge in [-0.05, 0) is 18.1 Å². The molecule has 0 aliphatic rings. The first-order valence-corrected chi connectivity index (χ1v) is 10.9. The molecule has 0 aliphatic heterocycles. The number of methoxy groups -OCH3 is 1. The van der Waals surface area contributed by atoms with E-state index < -0.39 is 0 Å². The van der Waals surface area contributed by atoms with Crippen LogP contribution in [0.25, 0.3) is 16.8 Å². The molecule has 0 bridgehead atoms. The molecule has 4 rings (SSSR count). The summed E-state index contributed by atoms with van der Waals surface area (Å²) in [4.78, 5) is 31.4. The second-order valence-electron chi connectivity index (χ2n) is 7.80. The van der Waals surface area contributed by atoms with E-state index >= 15 is 0 Å². The van der Waals surface area contributed by atoms with Crippen LogP contribution in [-0.2, 0) is 13.1 Å². The monoisotopic (exact) mass is 420 g/mol. The van der Waals surface area contributed by atoms with Crippen LogP contribution in [0.1, 0.15) is 44.6 Å². The van der Waals surface area contributed by atoms with Gasteiger partial charge in [0.2, 0.25) is 0 Å². The van der Waals surface area contributed by atoms with Crippen molar-refractivity contribution in [1.82, 2.24) is 18.5 Å². The summed E-state index contributed by atoms with van der Waals surface area (Å²) in [5, 5.41) is 0. The third-order valence-electron chi connectivity index (χ3n) is 5.65. The SMILES string of the molecule is CCCCCCCn1c(=O)c2c(nc3cc(OC)ccn32)n(Cc2ccccc2)c1=O. The third kappa shape index (κ3) is 4.13. The Morgan fingerprint density at radius 3 is 2.48 bits per heavy atom. The highest BCUT2D eigenvalue weighted by molar-refractivity contribution is 5.77. The summed E-state index contributed by atoms with van der Waals surface area (Å²) in [6.07, 6.45) is 7.01. The van der Waals surface area contributed by atoms with Crippen molar-refractivity contribution in [3.8, 4) is 5.75 Å². The maximum absolute atomic E-state index is 13.4. The normalized spacial score (nSPS) is 11.4. The van der Waals surface area contributed by atoms with E-state index in [1.54, 1.807) is 34.4 Å². The first kappa shape index (κ1) is 20.9. The predicted octanol–water partition coefficient (Wildman–Crippen LogP) is 3.84. The van der Waals surface area contributed by atoms with Crippen LogP contribution in [0.5, 0.6) is 5.75 Å². The molecule has 1 aromatic carbocycles. The lowest BCUT2D eigenvalue weighted by molar-refractivity contribution is 0.414. The molecule has 0 fully saturated rings. The minimum atomic E-state index is -0.313. The van der Waals surface area contributed by atoms with Crippen LogP contribution in [0.4, 0.5) is 0 Å². The number of benzene rings is 1. The van der Waals surface area contributed by atoms with Crippen molar-refractivity contribution < 1.29 is 4.74 Å². The molecular weight excluding hydrogens is 392 g/mol. The van der Waals surface area contributed by atoms with E-state index in [1.165, 1.54) is 11.0 Å². The molecule has 0 N–H and O–H groups in total. The van der Waals surface area contributed by atoms with Crippen molar-refractivity contribution in [2.75, 3.05) is 7.11 Å². The molecule has 0 unspecified atom stereocenters. The third-order valence-corrected chi connectivity index (χ3v) is 5.65. The highest BCUT2D eigenvalue weighted by Crippen LogP contribution is 2.18. The molecular formula is C24H28N4O3. The Kier molecular flexibility index (Phi) is 6.21. The molecule has 3 heterocycles. The van der Waals surface area contributed by atoms with Gasteiger partial charge in [0.25, 0.3) is 5.56 Å². The van der Waals surface area contributed by atoms with Crippen molar-refractivity contribution in [1.29, 1.82) is 0 Å². The lowest BCUT2D eigenvalue weighted by Gasteiger charge is -2.12. The summed E-state index contributed by atoms with van der Waals surface area (Å²) in [5.74, 6) is 0.649. The largest absolute Gasteiger partial charge is 0.497 e. The molecule has 0 saturated heterocycles. The highest BCUT2D eigenvalue weighted by atomic mass is 16.5. The number of nitrogens with zero attached hydrogens (tertiary/aromatic N) is 4. The molecule has 7 heteroatoms. The lowest BCUT2D eigenvalue weighted by atomic mass is 10.1.